The van der Waals surface area contributed by atoms with Gasteiger partial charge in [-0.15, -0.1) is 0 Å². The molecule has 0 spiro atoms. The van der Waals surface area contributed by atoms with Gasteiger partial charge >= 0.3 is 17.9 Å². The Morgan fingerprint density at radius 1 is 0.292 bits per heavy atom. The summed E-state index contributed by atoms with van der Waals surface area (Å²) in [5.41, 5.74) is 0. The Balaban J connectivity index is 4.28. The fraction of sp³-hybridized carbons (Fsp3) is 0.682. The van der Waals surface area contributed by atoms with Crippen molar-refractivity contribution >= 4 is 17.9 Å². The van der Waals surface area contributed by atoms with E-state index in [2.05, 4.69) is 130 Å². The van der Waals surface area contributed by atoms with Crippen LogP contribution in [0, 0.1) is 0 Å². The van der Waals surface area contributed by atoms with Crippen LogP contribution in [0.15, 0.2) is 109 Å². The third kappa shape index (κ3) is 57.0. The van der Waals surface area contributed by atoms with Gasteiger partial charge in [-0.3, -0.25) is 14.4 Å². The van der Waals surface area contributed by atoms with Crippen LogP contribution in [0.25, 0.3) is 0 Å². The smallest absolute Gasteiger partial charge is 0.306 e. The number of carbonyl (C=O) groups is 3. The lowest BCUT2D eigenvalue weighted by Crippen LogP contribution is -2.30. The van der Waals surface area contributed by atoms with Gasteiger partial charge in [-0.05, 0) is 103 Å². The first-order chi connectivity index (χ1) is 35.5. The van der Waals surface area contributed by atoms with Crippen LogP contribution in [0.1, 0.15) is 271 Å². The minimum absolute atomic E-state index is 0.0860. The summed E-state index contributed by atoms with van der Waals surface area (Å²) in [6, 6.07) is 0. The molecule has 0 aliphatic rings. The third-order valence-electron chi connectivity index (χ3n) is 12.5. The van der Waals surface area contributed by atoms with Crippen LogP contribution in [0.5, 0.6) is 0 Å². The molecule has 0 saturated carbocycles. The Hall–Kier alpha value is -3.93. The summed E-state index contributed by atoms with van der Waals surface area (Å²) in [4.78, 5) is 38.1. The van der Waals surface area contributed by atoms with Gasteiger partial charge in [0, 0.05) is 19.3 Å². The quantitative estimate of drug-likeness (QED) is 0.0261. The number of allylic oxidation sites excluding steroid dienone is 18. The lowest BCUT2D eigenvalue weighted by molar-refractivity contribution is -0.167. The minimum Gasteiger partial charge on any atom is -0.462 e. The Morgan fingerprint density at radius 2 is 0.569 bits per heavy atom. The van der Waals surface area contributed by atoms with Gasteiger partial charge in [0.2, 0.25) is 0 Å². The molecule has 0 saturated heterocycles. The molecule has 0 fully saturated rings. The molecular weight excluding hydrogens is 889 g/mol. The molecule has 0 aliphatic heterocycles. The van der Waals surface area contributed by atoms with Crippen LogP contribution in [0.2, 0.25) is 0 Å². The van der Waals surface area contributed by atoms with E-state index in [4.69, 9.17) is 14.2 Å². The SMILES string of the molecule is CC/C=C\C/C=C\C/C=C\C/C=C\C/C=C\C/C=C\C/C=C\CCCCCCCCCC(=O)OCC(COC(=O)CCCCCCCCCCCCCC)OC(=O)CCCCCCC/C=C\C/C=C\CCC. The topological polar surface area (TPSA) is 78.9 Å². The monoisotopic (exact) mass is 999 g/mol. The van der Waals surface area contributed by atoms with E-state index in [1.54, 1.807) is 0 Å². The highest BCUT2D eigenvalue weighted by molar-refractivity contribution is 5.71. The van der Waals surface area contributed by atoms with E-state index in [1.807, 2.05) is 0 Å². The molecule has 0 aromatic carbocycles. The van der Waals surface area contributed by atoms with Gasteiger partial charge in [0.25, 0.3) is 0 Å². The maximum Gasteiger partial charge on any atom is 0.306 e. The number of hydrogen-bond donors (Lipinski definition) is 0. The normalized spacial score (nSPS) is 12.9. The number of carbonyl (C=O) groups excluding carboxylic acids is 3. The van der Waals surface area contributed by atoms with Gasteiger partial charge in [0.05, 0.1) is 0 Å². The van der Waals surface area contributed by atoms with Gasteiger partial charge in [0.1, 0.15) is 13.2 Å². The third-order valence-corrected chi connectivity index (χ3v) is 12.5. The van der Waals surface area contributed by atoms with Gasteiger partial charge in [0.15, 0.2) is 6.10 Å². The maximum atomic E-state index is 12.8. The van der Waals surface area contributed by atoms with Crippen LogP contribution < -0.4 is 0 Å². The van der Waals surface area contributed by atoms with Crippen LogP contribution in [0.4, 0.5) is 0 Å². The number of esters is 3. The Labute approximate surface area is 444 Å². The second-order valence-corrected chi connectivity index (χ2v) is 19.5. The van der Waals surface area contributed by atoms with E-state index >= 15 is 0 Å². The first-order valence-corrected chi connectivity index (χ1v) is 29.9. The largest absolute Gasteiger partial charge is 0.462 e. The summed E-state index contributed by atoms with van der Waals surface area (Å²) in [6.45, 7) is 6.44. The fourth-order valence-electron chi connectivity index (χ4n) is 8.05. The van der Waals surface area contributed by atoms with Gasteiger partial charge in [-0.1, -0.05) is 259 Å². The molecule has 0 aromatic rings. The predicted octanol–water partition coefficient (Wildman–Crippen LogP) is 20.3. The van der Waals surface area contributed by atoms with Crippen molar-refractivity contribution in [1.29, 1.82) is 0 Å². The summed E-state index contributed by atoms with van der Waals surface area (Å²) in [7, 11) is 0. The van der Waals surface area contributed by atoms with Crippen LogP contribution in [-0.2, 0) is 28.6 Å². The molecule has 1 atom stereocenters. The second kappa shape index (κ2) is 59.6. The molecule has 0 aliphatic carbocycles. The Morgan fingerprint density at radius 3 is 0.903 bits per heavy atom. The zero-order chi connectivity index (χ0) is 52.2. The molecule has 6 nitrogen and oxygen atoms in total. The van der Waals surface area contributed by atoms with E-state index in [-0.39, 0.29) is 31.1 Å². The summed E-state index contributed by atoms with van der Waals surface area (Å²) >= 11 is 0. The average molecular weight is 1000 g/mol. The van der Waals surface area contributed by atoms with Gasteiger partial charge in [-0.2, -0.15) is 0 Å². The first-order valence-electron chi connectivity index (χ1n) is 29.9. The summed E-state index contributed by atoms with van der Waals surface area (Å²) in [6.07, 6.45) is 80.9. The first kappa shape index (κ1) is 68.1. The van der Waals surface area contributed by atoms with Gasteiger partial charge < -0.3 is 14.2 Å². The molecule has 0 heterocycles. The van der Waals surface area contributed by atoms with Crippen LogP contribution in [0.3, 0.4) is 0 Å². The number of unbranched alkanes of at least 4 members (excludes halogenated alkanes) is 24. The summed E-state index contributed by atoms with van der Waals surface area (Å²) < 4.78 is 16.8. The van der Waals surface area contributed by atoms with Crippen molar-refractivity contribution in [2.24, 2.45) is 0 Å². The van der Waals surface area contributed by atoms with E-state index in [1.165, 1.54) is 89.9 Å². The van der Waals surface area contributed by atoms with Crippen LogP contribution >= 0.6 is 0 Å². The van der Waals surface area contributed by atoms with Crippen molar-refractivity contribution in [2.75, 3.05) is 13.2 Å². The molecule has 0 bridgehead atoms. The van der Waals surface area contributed by atoms with E-state index < -0.39 is 6.10 Å². The van der Waals surface area contributed by atoms with Crippen molar-refractivity contribution in [2.45, 2.75) is 277 Å². The fourth-order valence-corrected chi connectivity index (χ4v) is 8.05. The molecule has 0 rings (SSSR count). The van der Waals surface area contributed by atoms with Crippen molar-refractivity contribution < 1.29 is 28.6 Å². The standard InChI is InChI=1S/C66H110O6/c1-4-7-10-13-16-19-22-25-26-27-28-29-30-31-32-33-34-35-36-37-38-39-40-42-44-47-50-53-56-59-65(68)71-62-63(61-70-64(67)58-55-52-49-46-43-24-21-18-15-12-9-6-3)72-66(69)60-57-54-51-48-45-41-23-20-17-14-11-8-5-2/h7,10-11,14,16,19-20,23,25-26,28-29,31-32,34-35,37-38,63H,4-6,8-9,12-13,15,17-18,21-22,24,27,30,33,36,39-62H2,1-3H3/b10-7-,14-11-,19-16-,23-20-,26-25-,29-28-,32-31-,35-34-,38-37-. The maximum absolute atomic E-state index is 12.8. The summed E-state index contributed by atoms with van der Waals surface area (Å²) in [5, 5.41) is 0. The molecule has 72 heavy (non-hydrogen) atoms. The minimum atomic E-state index is -0.789. The summed E-state index contributed by atoms with van der Waals surface area (Å²) in [5.74, 6) is -0.910. The molecule has 6 heteroatoms. The van der Waals surface area contributed by atoms with E-state index in [0.717, 1.165) is 141 Å². The molecule has 0 aromatic heterocycles. The van der Waals surface area contributed by atoms with Gasteiger partial charge in [-0.25, -0.2) is 0 Å². The molecular formula is C66H110O6. The highest BCUT2D eigenvalue weighted by Crippen LogP contribution is 2.15. The Kier molecular flexibility index (Phi) is 56.4. The highest BCUT2D eigenvalue weighted by atomic mass is 16.6. The predicted molar refractivity (Wildman–Crippen MR) is 311 cm³/mol. The Bertz CT molecular complexity index is 1470. The number of rotatable bonds is 53. The second-order valence-electron chi connectivity index (χ2n) is 19.5. The average Bonchev–Trinajstić information content (AvgIpc) is 3.38. The molecule has 0 radical (unpaired) electrons. The zero-order valence-corrected chi connectivity index (χ0v) is 46.9. The lowest BCUT2D eigenvalue weighted by atomic mass is 10.0. The van der Waals surface area contributed by atoms with Crippen molar-refractivity contribution in [1.82, 2.24) is 0 Å². The molecule has 0 N–H and O–H groups in total. The zero-order valence-electron chi connectivity index (χ0n) is 46.9. The number of ether oxygens (including phenoxy) is 3. The molecule has 0 amide bonds. The lowest BCUT2D eigenvalue weighted by Gasteiger charge is -2.18. The van der Waals surface area contributed by atoms with Crippen molar-refractivity contribution in [3.63, 3.8) is 0 Å². The van der Waals surface area contributed by atoms with E-state index in [9.17, 15) is 14.4 Å². The van der Waals surface area contributed by atoms with Crippen molar-refractivity contribution in [3.8, 4) is 0 Å². The van der Waals surface area contributed by atoms with E-state index in [0.29, 0.717) is 19.3 Å². The molecule has 1 unspecified atom stereocenters. The van der Waals surface area contributed by atoms with Crippen molar-refractivity contribution in [3.05, 3.63) is 109 Å². The van der Waals surface area contributed by atoms with Crippen LogP contribution in [-0.4, -0.2) is 37.2 Å². The highest BCUT2D eigenvalue weighted by Gasteiger charge is 2.19. The number of hydrogen-bond acceptors (Lipinski definition) is 6. The molecule has 410 valence electrons.